The second-order valence-electron chi connectivity index (χ2n) is 11.1. The second-order valence-corrected chi connectivity index (χ2v) is 11.1. The molecule has 5 nitrogen and oxygen atoms in total. The van der Waals surface area contributed by atoms with Crippen LogP contribution in [0.2, 0.25) is 0 Å². The number of esters is 2. The molecule has 4 aromatic carbocycles. The molecule has 0 aliphatic rings. The van der Waals surface area contributed by atoms with Crippen LogP contribution in [0.3, 0.4) is 0 Å². The number of ether oxygens (including phenoxy) is 2. The van der Waals surface area contributed by atoms with Crippen LogP contribution in [0, 0.1) is 27.7 Å². The summed E-state index contributed by atoms with van der Waals surface area (Å²) in [6.07, 6.45) is 3.52. The van der Waals surface area contributed by atoms with Crippen molar-refractivity contribution in [3.05, 3.63) is 138 Å². The number of hydrogen-bond acceptors (Lipinski definition) is 5. The molecular weight excluding hydrogens is 546 g/mol. The summed E-state index contributed by atoms with van der Waals surface area (Å²) in [6, 6.07) is 30.2. The monoisotopic (exact) mass is 587 g/mol. The molecule has 0 saturated heterocycles. The molecule has 0 aliphatic heterocycles. The van der Waals surface area contributed by atoms with Gasteiger partial charge in [-0.05, 0) is 122 Å². The Balaban J connectivity index is 1.57. The number of nitrogens with zero attached hydrogens (tertiary/aromatic N) is 1. The van der Waals surface area contributed by atoms with E-state index in [-0.39, 0.29) is 19.1 Å². The number of rotatable bonds is 13. The van der Waals surface area contributed by atoms with Crippen molar-refractivity contribution in [3.8, 4) is 11.1 Å². The SMILES string of the molecule is C=CC(=O)OCCC(CCOC(=O)C=C)c1ccc(-c2ccc(N(c3ccc(C)c(C)c3)c3ccc(C)c(C)c3)cc2)cc1. The van der Waals surface area contributed by atoms with Gasteiger partial charge in [0, 0.05) is 29.2 Å². The van der Waals surface area contributed by atoms with Crippen LogP contribution in [0.15, 0.2) is 110 Å². The van der Waals surface area contributed by atoms with E-state index in [4.69, 9.17) is 9.47 Å². The Morgan fingerprint density at radius 1 is 0.614 bits per heavy atom. The van der Waals surface area contributed by atoms with E-state index in [0.29, 0.717) is 12.8 Å². The van der Waals surface area contributed by atoms with Crippen molar-refractivity contribution in [1.29, 1.82) is 0 Å². The third kappa shape index (κ3) is 8.13. The number of carbonyl (C=O) groups excluding carboxylic acids is 2. The summed E-state index contributed by atoms with van der Waals surface area (Å²) >= 11 is 0. The Labute approximate surface area is 261 Å². The van der Waals surface area contributed by atoms with Crippen molar-refractivity contribution in [2.24, 2.45) is 0 Å². The van der Waals surface area contributed by atoms with E-state index in [9.17, 15) is 9.59 Å². The predicted molar refractivity (Wildman–Crippen MR) is 180 cm³/mol. The van der Waals surface area contributed by atoms with E-state index < -0.39 is 11.9 Å². The lowest BCUT2D eigenvalue weighted by Crippen LogP contribution is -2.11. The third-order valence-electron chi connectivity index (χ3n) is 8.09. The molecule has 0 heterocycles. The molecule has 4 rings (SSSR count). The number of hydrogen-bond donors (Lipinski definition) is 0. The molecule has 0 spiro atoms. The highest BCUT2D eigenvalue weighted by Gasteiger charge is 2.16. The van der Waals surface area contributed by atoms with Gasteiger partial charge in [0.25, 0.3) is 0 Å². The highest BCUT2D eigenvalue weighted by Crippen LogP contribution is 2.37. The molecule has 0 unspecified atom stereocenters. The number of aryl methyl sites for hydroxylation is 4. The molecule has 4 aromatic rings. The first-order valence-electron chi connectivity index (χ1n) is 14.9. The van der Waals surface area contributed by atoms with E-state index in [0.717, 1.165) is 45.9 Å². The Morgan fingerprint density at radius 3 is 1.43 bits per heavy atom. The number of anilines is 3. The van der Waals surface area contributed by atoms with Crippen molar-refractivity contribution in [2.75, 3.05) is 18.1 Å². The van der Waals surface area contributed by atoms with Crippen LogP contribution >= 0.6 is 0 Å². The quantitative estimate of drug-likeness (QED) is 0.115. The van der Waals surface area contributed by atoms with Crippen molar-refractivity contribution in [2.45, 2.75) is 46.5 Å². The van der Waals surface area contributed by atoms with E-state index in [1.807, 2.05) is 0 Å². The van der Waals surface area contributed by atoms with Gasteiger partial charge in [-0.1, -0.05) is 61.7 Å². The van der Waals surface area contributed by atoms with E-state index >= 15 is 0 Å². The van der Waals surface area contributed by atoms with E-state index in [2.05, 4.69) is 131 Å². The molecule has 0 aliphatic carbocycles. The van der Waals surface area contributed by atoms with Gasteiger partial charge in [0.2, 0.25) is 0 Å². The van der Waals surface area contributed by atoms with Gasteiger partial charge < -0.3 is 14.4 Å². The normalized spacial score (nSPS) is 10.8. The molecule has 0 bridgehead atoms. The van der Waals surface area contributed by atoms with Gasteiger partial charge in [0.1, 0.15) is 0 Å². The summed E-state index contributed by atoms with van der Waals surface area (Å²) in [5, 5.41) is 0. The van der Waals surface area contributed by atoms with Crippen LogP contribution < -0.4 is 4.90 Å². The first-order chi connectivity index (χ1) is 21.2. The predicted octanol–water partition coefficient (Wildman–Crippen LogP) is 9.38. The number of benzene rings is 4. The summed E-state index contributed by atoms with van der Waals surface area (Å²) in [4.78, 5) is 25.4. The lowest BCUT2D eigenvalue weighted by atomic mass is 9.91. The van der Waals surface area contributed by atoms with Crippen LogP contribution in [0.4, 0.5) is 17.1 Å². The molecule has 0 N–H and O–H groups in total. The van der Waals surface area contributed by atoms with E-state index in [1.54, 1.807) is 0 Å². The van der Waals surface area contributed by atoms with Crippen molar-refractivity contribution in [3.63, 3.8) is 0 Å². The zero-order valence-corrected chi connectivity index (χ0v) is 26.1. The van der Waals surface area contributed by atoms with Gasteiger partial charge in [0.15, 0.2) is 0 Å². The maximum absolute atomic E-state index is 11.5. The largest absolute Gasteiger partial charge is 0.463 e. The minimum Gasteiger partial charge on any atom is -0.463 e. The first kappa shape index (κ1) is 32.0. The molecule has 0 aromatic heterocycles. The van der Waals surface area contributed by atoms with Crippen molar-refractivity contribution in [1.82, 2.24) is 0 Å². The Kier molecular flexibility index (Phi) is 10.9. The number of carbonyl (C=O) groups is 2. The van der Waals surface area contributed by atoms with Crippen LogP contribution in [0.1, 0.15) is 46.6 Å². The summed E-state index contributed by atoms with van der Waals surface area (Å²) in [5.74, 6) is -0.852. The molecule has 226 valence electrons. The highest BCUT2D eigenvalue weighted by molar-refractivity contribution is 5.81. The highest BCUT2D eigenvalue weighted by atomic mass is 16.5. The standard InChI is InChI=1S/C39H41NO4/c1-7-38(41)43-23-21-34(22-24-44-39(42)8-2)32-13-11-31(12-14-32)33-15-19-35(20-16-33)40(36-17-9-27(3)29(5)25-36)37-18-10-28(4)30(6)26-37/h7-20,25-26,34H,1-2,21-24H2,3-6H3. The Hall–Kier alpha value is -4.90. The summed E-state index contributed by atoms with van der Waals surface area (Å²) in [5.41, 5.74) is 11.7. The molecule has 5 heteroatoms. The fraction of sp³-hybridized carbons (Fsp3) is 0.231. The van der Waals surface area contributed by atoms with Gasteiger partial charge in [-0.2, -0.15) is 0 Å². The molecule has 0 fully saturated rings. The van der Waals surface area contributed by atoms with Crippen LogP contribution in [-0.4, -0.2) is 25.2 Å². The minimum absolute atomic E-state index is 0.0474. The molecular formula is C39H41NO4. The second kappa shape index (κ2) is 15.0. The Morgan fingerprint density at radius 2 is 1.02 bits per heavy atom. The molecule has 0 atom stereocenters. The zero-order chi connectivity index (χ0) is 31.6. The average Bonchev–Trinajstić information content (AvgIpc) is 3.04. The van der Waals surface area contributed by atoms with Gasteiger partial charge >= 0.3 is 11.9 Å². The lowest BCUT2D eigenvalue weighted by Gasteiger charge is -2.27. The molecule has 0 amide bonds. The fourth-order valence-electron chi connectivity index (χ4n) is 5.13. The van der Waals surface area contributed by atoms with Gasteiger partial charge in [-0.3, -0.25) is 0 Å². The maximum atomic E-state index is 11.5. The van der Waals surface area contributed by atoms with Crippen molar-refractivity contribution >= 4 is 29.0 Å². The third-order valence-corrected chi connectivity index (χ3v) is 8.09. The van der Waals surface area contributed by atoms with Crippen LogP contribution in [0.5, 0.6) is 0 Å². The van der Waals surface area contributed by atoms with Gasteiger partial charge in [-0.15, -0.1) is 0 Å². The lowest BCUT2D eigenvalue weighted by molar-refractivity contribution is -0.138. The van der Waals surface area contributed by atoms with E-state index in [1.165, 1.54) is 22.3 Å². The van der Waals surface area contributed by atoms with Gasteiger partial charge in [-0.25, -0.2) is 9.59 Å². The fourth-order valence-corrected chi connectivity index (χ4v) is 5.13. The van der Waals surface area contributed by atoms with Gasteiger partial charge in [0.05, 0.1) is 13.2 Å². The maximum Gasteiger partial charge on any atom is 0.330 e. The smallest absolute Gasteiger partial charge is 0.330 e. The average molecular weight is 588 g/mol. The molecule has 0 saturated carbocycles. The summed E-state index contributed by atoms with van der Waals surface area (Å²) < 4.78 is 10.4. The summed E-state index contributed by atoms with van der Waals surface area (Å²) in [6.45, 7) is 16.0. The van der Waals surface area contributed by atoms with Crippen molar-refractivity contribution < 1.29 is 19.1 Å². The van der Waals surface area contributed by atoms with Crippen LogP contribution in [0.25, 0.3) is 11.1 Å². The minimum atomic E-state index is -0.450. The molecule has 0 radical (unpaired) electrons. The Bertz CT molecular complexity index is 1540. The topological polar surface area (TPSA) is 55.8 Å². The first-order valence-corrected chi connectivity index (χ1v) is 14.9. The summed E-state index contributed by atoms with van der Waals surface area (Å²) in [7, 11) is 0. The molecule has 44 heavy (non-hydrogen) atoms. The van der Waals surface area contributed by atoms with Crippen LogP contribution in [-0.2, 0) is 19.1 Å². The zero-order valence-electron chi connectivity index (χ0n) is 26.1.